The molecule has 3 aliphatic rings. The molecule has 1 N–H and O–H groups in total. The number of halogens is 3. The summed E-state index contributed by atoms with van der Waals surface area (Å²) in [6.45, 7) is 0.0214. The summed E-state index contributed by atoms with van der Waals surface area (Å²) in [7, 11) is 0. The number of imide groups is 2. The van der Waals surface area contributed by atoms with Crippen LogP contribution in [0.2, 0.25) is 0 Å². The van der Waals surface area contributed by atoms with Crippen molar-refractivity contribution in [3.05, 3.63) is 34.9 Å². The summed E-state index contributed by atoms with van der Waals surface area (Å²) in [6.07, 6.45) is -5.20. The van der Waals surface area contributed by atoms with Crippen LogP contribution in [0.5, 0.6) is 0 Å². The number of esters is 2. The minimum atomic E-state index is -5.25. The summed E-state index contributed by atoms with van der Waals surface area (Å²) in [6, 6.07) is 3.30. The van der Waals surface area contributed by atoms with Gasteiger partial charge in [-0.25, -0.2) is 4.79 Å². The van der Waals surface area contributed by atoms with Gasteiger partial charge in [-0.2, -0.15) is 13.2 Å². The monoisotopic (exact) mass is 491 g/mol. The van der Waals surface area contributed by atoms with Gasteiger partial charge in [0.1, 0.15) is 6.04 Å². The van der Waals surface area contributed by atoms with Gasteiger partial charge in [-0.3, -0.25) is 39.1 Å². The molecule has 0 aliphatic carbocycles. The number of likely N-dealkylation sites (tertiary alicyclic amines) is 1. The first-order valence-electron chi connectivity index (χ1n) is 10.4. The highest BCUT2D eigenvalue weighted by Gasteiger charge is 2.45. The maximum Gasteiger partial charge on any atom is 0.491 e. The van der Waals surface area contributed by atoms with E-state index in [0.29, 0.717) is 5.56 Å². The lowest BCUT2D eigenvalue weighted by molar-refractivity contribution is -0.202. The molecule has 182 valence electrons. The highest BCUT2D eigenvalue weighted by Crippen LogP contribution is 2.28. The Balaban J connectivity index is 1.35. The molecule has 0 radical (unpaired) electrons. The molecule has 4 rings (SSSR count). The van der Waals surface area contributed by atoms with Crippen LogP contribution >= 0.6 is 0 Å². The third-order valence-corrected chi connectivity index (χ3v) is 5.61. The molecule has 35 heavy (non-hydrogen) atoms. The van der Waals surface area contributed by atoms with Gasteiger partial charge < -0.3 is 4.74 Å². The molecule has 1 aromatic rings. The van der Waals surface area contributed by atoms with Crippen molar-refractivity contribution >= 4 is 35.6 Å². The van der Waals surface area contributed by atoms with E-state index in [1.807, 2.05) is 0 Å². The van der Waals surface area contributed by atoms with E-state index >= 15 is 0 Å². The van der Waals surface area contributed by atoms with Crippen LogP contribution in [0.1, 0.15) is 39.1 Å². The van der Waals surface area contributed by atoms with Crippen LogP contribution in [0, 0.1) is 17.8 Å². The normalized spacial score (nSPS) is 20.5. The summed E-state index contributed by atoms with van der Waals surface area (Å²) in [5.41, 5.74) is 0.620. The molecule has 1 aromatic carbocycles. The summed E-state index contributed by atoms with van der Waals surface area (Å²) in [5.74, 6) is -0.832. The fraction of sp³-hybridized carbons (Fsp3) is 0.364. The second-order valence-electron chi connectivity index (χ2n) is 8.13. The first-order valence-corrected chi connectivity index (χ1v) is 10.4. The lowest BCUT2D eigenvalue weighted by Crippen LogP contribution is -2.54. The van der Waals surface area contributed by atoms with E-state index in [-0.39, 0.29) is 43.0 Å². The minimum Gasteiger partial charge on any atom is -0.385 e. The summed E-state index contributed by atoms with van der Waals surface area (Å²) < 4.78 is 40.1. The topological polar surface area (TPSA) is 130 Å². The van der Waals surface area contributed by atoms with Gasteiger partial charge in [0.15, 0.2) is 0 Å². The van der Waals surface area contributed by atoms with Gasteiger partial charge >= 0.3 is 18.1 Å². The predicted octanol–water partition coefficient (Wildman–Crippen LogP) is 0.00320. The van der Waals surface area contributed by atoms with Crippen LogP contribution in [0.25, 0.3) is 0 Å². The van der Waals surface area contributed by atoms with Crippen molar-refractivity contribution in [2.45, 2.75) is 25.1 Å². The number of hydrogen-bond acceptors (Lipinski definition) is 8. The molecule has 1 unspecified atom stereocenters. The van der Waals surface area contributed by atoms with E-state index in [1.54, 1.807) is 0 Å². The van der Waals surface area contributed by atoms with Gasteiger partial charge in [0.2, 0.25) is 11.8 Å². The first kappa shape index (κ1) is 24.1. The second kappa shape index (κ2) is 8.95. The lowest BCUT2D eigenvalue weighted by Gasteiger charge is -2.35. The molecule has 4 amide bonds. The van der Waals surface area contributed by atoms with Crippen LogP contribution in [0.3, 0.4) is 0 Å². The van der Waals surface area contributed by atoms with Crippen molar-refractivity contribution in [2.24, 2.45) is 5.92 Å². The third-order valence-electron chi connectivity index (χ3n) is 5.61. The van der Waals surface area contributed by atoms with Gasteiger partial charge in [-0.1, -0.05) is 11.8 Å². The van der Waals surface area contributed by atoms with Crippen LogP contribution in [-0.2, 0) is 23.9 Å². The smallest absolute Gasteiger partial charge is 0.385 e. The van der Waals surface area contributed by atoms with Crippen LogP contribution < -0.4 is 5.32 Å². The fourth-order valence-electron chi connectivity index (χ4n) is 3.90. The standard InChI is InChI=1S/C22H16F3N3O7/c23-22(24,25)21(34)35-17(30)10-27-8-12(9-27)2-1-11-3-4-13-14(7-11)20(33)28(19(13)32)15-5-6-16(29)26-18(15)31/h3-4,7,12,15H,5-6,8-10H2,(H,26,29,31). The number of amides is 4. The number of benzene rings is 1. The van der Waals surface area contributed by atoms with Gasteiger partial charge in [-0.05, 0) is 24.6 Å². The molecule has 3 heterocycles. The van der Waals surface area contributed by atoms with E-state index < -0.39 is 54.3 Å². The van der Waals surface area contributed by atoms with E-state index in [2.05, 4.69) is 21.9 Å². The Labute approximate surface area is 195 Å². The first-order chi connectivity index (χ1) is 16.4. The largest absolute Gasteiger partial charge is 0.491 e. The lowest BCUT2D eigenvalue weighted by atomic mass is 9.99. The van der Waals surface area contributed by atoms with Crippen molar-refractivity contribution in [1.82, 2.24) is 15.1 Å². The zero-order chi connectivity index (χ0) is 25.5. The van der Waals surface area contributed by atoms with Crippen LogP contribution in [-0.4, -0.2) is 77.2 Å². The minimum absolute atomic E-state index is 0.00923. The van der Waals surface area contributed by atoms with E-state index in [4.69, 9.17) is 0 Å². The predicted molar refractivity (Wildman–Crippen MR) is 107 cm³/mol. The Bertz CT molecular complexity index is 1220. The number of fused-ring (bicyclic) bond motifs is 1. The molecule has 2 fully saturated rings. The number of carbonyl (C=O) groups is 6. The third kappa shape index (κ3) is 4.92. The Morgan fingerprint density at radius 3 is 2.43 bits per heavy atom. The fourth-order valence-corrected chi connectivity index (χ4v) is 3.90. The Morgan fingerprint density at radius 1 is 1.09 bits per heavy atom. The van der Waals surface area contributed by atoms with Crippen molar-refractivity contribution in [3.8, 4) is 11.8 Å². The van der Waals surface area contributed by atoms with E-state index in [0.717, 1.165) is 4.90 Å². The molecule has 13 heteroatoms. The van der Waals surface area contributed by atoms with Gasteiger partial charge in [0.25, 0.3) is 11.8 Å². The van der Waals surface area contributed by atoms with Crippen LogP contribution in [0.15, 0.2) is 18.2 Å². The summed E-state index contributed by atoms with van der Waals surface area (Å²) >= 11 is 0. The Kier molecular flexibility index (Phi) is 6.16. The number of nitrogens with one attached hydrogen (secondary N) is 1. The van der Waals surface area contributed by atoms with Crippen LogP contribution in [0.4, 0.5) is 13.2 Å². The molecule has 0 spiro atoms. The number of nitrogens with zero attached hydrogens (tertiary/aromatic N) is 2. The quantitative estimate of drug-likeness (QED) is 0.271. The number of carbonyl (C=O) groups excluding carboxylic acids is 6. The summed E-state index contributed by atoms with van der Waals surface area (Å²) in [5, 5.41) is 2.12. The molecule has 3 aliphatic heterocycles. The van der Waals surface area contributed by atoms with E-state index in [9.17, 15) is 41.9 Å². The number of piperidine rings is 1. The van der Waals surface area contributed by atoms with E-state index in [1.165, 1.54) is 23.1 Å². The number of rotatable bonds is 3. The molecule has 0 bridgehead atoms. The van der Waals surface area contributed by atoms with Gasteiger partial charge in [0, 0.05) is 31.0 Å². The molecule has 2 saturated heterocycles. The van der Waals surface area contributed by atoms with Crippen molar-refractivity contribution in [2.75, 3.05) is 19.6 Å². The maximum atomic E-state index is 12.8. The van der Waals surface area contributed by atoms with Gasteiger partial charge in [0.05, 0.1) is 17.7 Å². The molecule has 10 nitrogen and oxygen atoms in total. The molecular weight excluding hydrogens is 475 g/mol. The highest BCUT2D eigenvalue weighted by atomic mass is 19.4. The van der Waals surface area contributed by atoms with Crippen molar-refractivity contribution < 1.29 is 46.7 Å². The number of ether oxygens (including phenoxy) is 1. The summed E-state index contributed by atoms with van der Waals surface area (Å²) in [4.78, 5) is 73.3. The molecule has 1 atom stereocenters. The second-order valence-corrected chi connectivity index (χ2v) is 8.13. The molecule has 0 aromatic heterocycles. The SMILES string of the molecule is O=C1CCC(N2C(=O)c3ccc(C#CC4CN(CC(=O)OC(=O)C(F)(F)F)C4)cc3C2=O)C(=O)N1. The maximum absolute atomic E-state index is 12.8. The zero-order valence-corrected chi connectivity index (χ0v) is 17.8. The number of hydrogen-bond donors (Lipinski definition) is 1. The Hall–Kier alpha value is -4.05. The Morgan fingerprint density at radius 2 is 1.77 bits per heavy atom. The molecular formula is C22H16F3N3O7. The van der Waals surface area contributed by atoms with Crippen molar-refractivity contribution in [1.29, 1.82) is 0 Å². The zero-order valence-electron chi connectivity index (χ0n) is 17.8. The average molecular weight is 491 g/mol. The highest BCUT2D eigenvalue weighted by molar-refractivity contribution is 6.23. The van der Waals surface area contributed by atoms with Gasteiger partial charge in [-0.15, -0.1) is 0 Å². The molecule has 0 saturated carbocycles. The number of alkyl halides is 3. The van der Waals surface area contributed by atoms with Crippen molar-refractivity contribution in [3.63, 3.8) is 0 Å². The average Bonchev–Trinajstić information content (AvgIpc) is 2.99.